The van der Waals surface area contributed by atoms with Gasteiger partial charge in [-0.25, -0.2) is 9.97 Å². The standard InChI is InChI=1S/C32H38F3N7O2S/c1-4-31(44,9-10-37-21(3)43)18-42-24(16-36)13-26-20(2)22(5-6-28(26)42)17-41-11-7-23(8-12-41)40-29-27-14-25(15-32(33,34)35)45-30(27)39-19-38-29/h5-6,13-14,19,23,44H,4,7-12,15,17-18H2,1-3H3,(H,37,43)(H,38,39,40). The van der Waals surface area contributed by atoms with Crippen LogP contribution in [-0.2, 0) is 24.3 Å². The van der Waals surface area contributed by atoms with Gasteiger partial charge in [-0.1, -0.05) is 13.0 Å². The molecule has 9 nitrogen and oxygen atoms in total. The Bertz CT molecular complexity index is 1720. The maximum Gasteiger partial charge on any atom is 0.393 e. The Morgan fingerprint density at radius 1 is 1.20 bits per heavy atom. The fourth-order valence-electron chi connectivity index (χ4n) is 6.06. The minimum Gasteiger partial charge on any atom is -0.388 e. The van der Waals surface area contributed by atoms with E-state index in [1.807, 2.05) is 23.6 Å². The molecule has 5 rings (SSSR count). The zero-order chi connectivity index (χ0) is 32.4. The summed E-state index contributed by atoms with van der Waals surface area (Å²) in [5, 5.41) is 29.0. The van der Waals surface area contributed by atoms with Gasteiger partial charge < -0.3 is 20.3 Å². The molecule has 1 aliphatic rings. The Hall–Kier alpha value is -3.73. The summed E-state index contributed by atoms with van der Waals surface area (Å²) in [5.74, 6) is 0.431. The van der Waals surface area contributed by atoms with Crippen LogP contribution in [0.3, 0.4) is 0 Å². The number of anilines is 1. The van der Waals surface area contributed by atoms with Gasteiger partial charge in [0.15, 0.2) is 0 Å². The number of aromatic nitrogens is 3. The van der Waals surface area contributed by atoms with Crippen LogP contribution < -0.4 is 10.6 Å². The second kappa shape index (κ2) is 13.3. The number of amides is 1. The number of fused-ring (bicyclic) bond motifs is 2. The molecular weight excluding hydrogens is 603 g/mol. The average Bonchev–Trinajstić information content (AvgIpc) is 3.55. The third-order valence-corrected chi connectivity index (χ3v) is 9.78. The summed E-state index contributed by atoms with van der Waals surface area (Å²) >= 11 is 1.05. The van der Waals surface area contributed by atoms with Crippen LogP contribution >= 0.6 is 11.3 Å². The van der Waals surface area contributed by atoms with Crippen molar-refractivity contribution in [1.29, 1.82) is 5.26 Å². The molecule has 4 heterocycles. The minimum atomic E-state index is -4.27. The van der Waals surface area contributed by atoms with Gasteiger partial charge in [0.1, 0.15) is 28.7 Å². The van der Waals surface area contributed by atoms with Gasteiger partial charge in [-0.05, 0) is 61.9 Å². The number of thiophene rings is 1. The van der Waals surface area contributed by atoms with E-state index in [2.05, 4.69) is 44.6 Å². The van der Waals surface area contributed by atoms with E-state index in [-0.39, 0.29) is 23.4 Å². The molecule has 4 aromatic rings. The maximum atomic E-state index is 12.9. The number of rotatable bonds is 11. The predicted molar refractivity (Wildman–Crippen MR) is 169 cm³/mol. The molecule has 0 spiro atoms. The number of aliphatic hydroxyl groups is 1. The van der Waals surface area contributed by atoms with Crippen LogP contribution in [0.2, 0.25) is 0 Å². The van der Waals surface area contributed by atoms with E-state index in [1.54, 1.807) is 6.07 Å². The molecule has 1 aliphatic heterocycles. The van der Waals surface area contributed by atoms with Crippen LogP contribution in [0.25, 0.3) is 21.1 Å². The Kier molecular flexibility index (Phi) is 9.67. The molecule has 3 N–H and O–H groups in total. The van der Waals surface area contributed by atoms with Gasteiger partial charge in [-0.3, -0.25) is 9.69 Å². The van der Waals surface area contributed by atoms with E-state index in [0.29, 0.717) is 41.1 Å². The number of hydrogen-bond donors (Lipinski definition) is 3. The Morgan fingerprint density at radius 2 is 1.96 bits per heavy atom. The van der Waals surface area contributed by atoms with E-state index in [1.165, 1.54) is 18.8 Å². The van der Waals surface area contributed by atoms with Crippen LogP contribution in [0.15, 0.2) is 30.6 Å². The summed E-state index contributed by atoms with van der Waals surface area (Å²) in [6, 6.07) is 9.98. The Morgan fingerprint density at radius 3 is 2.62 bits per heavy atom. The summed E-state index contributed by atoms with van der Waals surface area (Å²) in [7, 11) is 0. The van der Waals surface area contributed by atoms with Gasteiger partial charge in [0, 0.05) is 54.9 Å². The molecule has 45 heavy (non-hydrogen) atoms. The second-order valence-electron chi connectivity index (χ2n) is 12.0. The number of halogens is 3. The second-order valence-corrected chi connectivity index (χ2v) is 13.1. The van der Waals surface area contributed by atoms with Crippen molar-refractivity contribution >= 4 is 44.2 Å². The summed E-state index contributed by atoms with van der Waals surface area (Å²) in [4.78, 5) is 23.0. The first-order chi connectivity index (χ1) is 21.4. The minimum absolute atomic E-state index is 0.143. The molecule has 1 unspecified atom stereocenters. The fraction of sp³-hybridized carbons (Fsp3) is 0.500. The van der Waals surface area contributed by atoms with E-state index >= 15 is 0 Å². The quantitative estimate of drug-likeness (QED) is 0.193. The first kappa shape index (κ1) is 32.7. The molecule has 1 fully saturated rings. The number of hydrogen-bond acceptors (Lipinski definition) is 8. The van der Waals surface area contributed by atoms with Crippen LogP contribution in [-0.4, -0.2) is 67.9 Å². The molecule has 0 aliphatic carbocycles. The number of piperidine rings is 1. The normalized spacial score (nSPS) is 16.1. The lowest BCUT2D eigenvalue weighted by Crippen LogP contribution is -2.39. The number of carbonyl (C=O) groups is 1. The first-order valence-corrected chi connectivity index (χ1v) is 16.0. The SMILES string of the molecule is CCC(O)(CCNC(C)=O)Cn1c(C#N)cc2c(C)c(CN3CCC(Nc4ncnc5sc(CC(F)(F)F)cc45)CC3)ccc21. The van der Waals surface area contributed by atoms with Gasteiger partial charge in [0.2, 0.25) is 5.91 Å². The molecule has 0 bridgehead atoms. The lowest BCUT2D eigenvalue weighted by molar-refractivity contribution is -0.126. The van der Waals surface area contributed by atoms with Gasteiger partial charge in [-0.2, -0.15) is 18.4 Å². The molecule has 1 saturated heterocycles. The van der Waals surface area contributed by atoms with E-state index in [0.717, 1.165) is 60.3 Å². The third kappa shape index (κ3) is 7.74. The summed E-state index contributed by atoms with van der Waals surface area (Å²) in [6.45, 7) is 8.46. The number of likely N-dealkylation sites (tertiary alicyclic amines) is 1. The largest absolute Gasteiger partial charge is 0.393 e. The van der Waals surface area contributed by atoms with Gasteiger partial charge >= 0.3 is 6.18 Å². The van der Waals surface area contributed by atoms with Crippen LogP contribution in [0.5, 0.6) is 0 Å². The summed E-state index contributed by atoms with van der Waals surface area (Å²) < 4.78 is 40.6. The molecule has 0 saturated carbocycles. The highest BCUT2D eigenvalue weighted by Gasteiger charge is 2.30. The van der Waals surface area contributed by atoms with Crippen molar-refractivity contribution in [2.75, 3.05) is 25.0 Å². The van der Waals surface area contributed by atoms with Crippen molar-refractivity contribution in [3.63, 3.8) is 0 Å². The lowest BCUT2D eigenvalue weighted by atomic mass is 9.96. The van der Waals surface area contributed by atoms with Crippen molar-refractivity contribution < 1.29 is 23.1 Å². The van der Waals surface area contributed by atoms with Crippen LogP contribution in [0.1, 0.15) is 61.2 Å². The van der Waals surface area contributed by atoms with Crippen molar-refractivity contribution in [2.45, 2.75) is 83.8 Å². The number of nitriles is 1. The van der Waals surface area contributed by atoms with E-state index in [9.17, 15) is 28.3 Å². The Balaban J connectivity index is 1.24. The number of carbonyl (C=O) groups excluding carboxylic acids is 1. The molecule has 1 amide bonds. The molecule has 1 aromatic carbocycles. The molecule has 13 heteroatoms. The maximum absolute atomic E-state index is 12.9. The number of benzene rings is 1. The number of aryl methyl sites for hydroxylation is 1. The topological polar surface area (TPSA) is 119 Å². The molecule has 240 valence electrons. The van der Waals surface area contributed by atoms with Crippen molar-refractivity contribution in [1.82, 2.24) is 24.8 Å². The lowest BCUT2D eigenvalue weighted by Gasteiger charge is -2.33. The smallest absolute Gasteiger partial charge is 0.388 e. The molecular formula is C32H38F3N7O2S. The number of nitrogens with zero attached hydrogens (tertiary/aromatic N) is 5. The predicted octanol–water partition coefficient (Wildman–Crippen LogP) is 5.67. The third-order valence-electron chi connectivity index (χ3n) is 8.73. The van der Waals surface area contributed by atoms with Gasteiger partial charge in [0.05, 0.1) is 24.0 Å². The van der Waals surface area contributed by atoms with Crippen molar-refractivity contribution in [2.24, 2.45) is 0 Å². The summed E-state index contributed by atoms with van der Waals surface area (Å²) in [6.07, 6.45) is -1.27. The van der Waals surface area contributed by atoms with Crippen LogP contribution in [0, 0.1) is 18.3 Å². The molecule has 1 atom stereocenters. The zero-order valence-electron chi connectivity index (χ0n) is 25.7. The number of nitrogens with one attached hydrogen (secondary N) is 2. The van der Waals surface area contributed by atoms with E-state index in [4.69, 9.17) is 0 Å². The van der Waals surface area contributed by atoms with Gasteiger partial charge in [-0.15, -0.1) is 11.3 Å². The van der Waals surface area contributed by atoms with Crippen molar-refractivity contribution in [3.8, 4) is 6.07 Å². The highest BCUT2D eigenvalue weighted by atomic mass is 32.1. The highest BCUT2D eigenvalue weighted by molar-refractivity contribution is 7.18. The molecule has 0 radical (unpaired) electrons. The summed E-state index contributed by atoms with van der Waals surface area (Å²) in [5.41, 5.74) is 2.57. The monoisotopic (exact) mass is 641 g/mol. The first-order valence-electron chi connectivity index (χ1n) is 15.2. The van der Waals surface area contributed by atoms with E-state index < -0.39 is 18.2 Å². The Labute approximate surface area is 264 Å². The molecule has 3 aromatic heterocycles. The highest BCUT2D eigenvalue weighted by Crippen LogP contribution is 2.34. The zero-order valence-corrected chi connectivity index (χ0v) is 26.5. The van der Waals surface area contributed by atoms with Crippen LogP contribution in [0.4, 0.5) is 19.0 Å². The fourth-order valence-corrected chi connectivity index (χ4v) is 7.09. The van der Waals surface area contributed by atoms with Gasteiger partial charge in [0.25, 0.3) is 0 Å². The average molecular weight is 642 g/mol. The van der Waals surface area contributed by atoms with Crippen molar-refractivity contribution in [3.05, 3.63) is 52.3 Å². The number of alkyl halides is 3.